The summed E-state index contributed by atoms with van der Waals surface area (Å²) in [4.78, 5) is 12.2. The van der Waals surface area contributed by atoms with Gasteiger partial charge in [0.05, 0.1) is 24.4 Å². The van der Waals surface area contributed by atoms with Crippen molar-refractivity contribution in [1.29, 1.82) is 0 Å². The van der Waals surface area contributed by atoms with Crippen LogP contribution in [0.15, 0.2) is 18.3 Å². The monoisotopic (exact) mass is 471 g/mol. The van der Waals surface area contributed by atoms with Crippen LogP contribution in [0.2, 0.25) is 0 Å². The van der Waals surface area contributed by atoms with Gasteiger partial charge < -0.3 is 25.0 Å². The Labute approximate surface area is 198 Å². The van der Waals surface area contributed by atoms with Crippen molar-refractivity contribution in [2.75, 3.05) is 43.5 Å². The van der Waals surface area contributed by atoms with E-state index in [1.165, 1.54) is 24.4 Å². The van der Waals surface area contributed by atoms with E-state index < -0.39 is 0 Å². The van der Waals surface area contributed by atoms with Crippen LogP contribution in [0.4, 0.5) is 16.8 Å². The zero-order chi connectivity index (χ0) is 22.6. The number of morpholine rings is 1. The fraction of sp³-hybridized carbons (Fsp3) is 0.609. The van der Waals surface area contributed by atoms with Crippen molar-refractivity contribution in [1.82, 2.24) is 23.8 Å². The minimum absolute atomic E-state index is 0.166. The maximum absolute atomic E-state index is 9.32. The number of aromatic nitrogens is 4. The molecule has 2 aliphatic rings. The van der Waals surface area contributed by atoms with Crippen molar-refractivity contribution >= 4 is 39.3 Å². The Morgan fingerprint density at radius 3 is 2.73 bits per heavy atom. The van der Waals surface area contributed by atoms with Crippen LogP contribution in [-0.2, 0) is 11.3 Å². The van der Waals surface area contributed by atoms with Crippen LogP contribution in [0.5, 0.6) is 0 Å². The highest BCUT2D eigenvalue weighted by atomic mass is 32.1. The zero-order valence-corrected chi connectivity index (χ0v) is 20.0. The first-order valence-corrected chi connectivity index (χ1v) is 12.7. The second-order valence-corrected chi connectivity index (χ2v) is 9.78. The van der Waals surface area contributed by atoms with Crippen LogP contribution in [0.3, 0.4) is 0 Å². The van der Waals surface area contributed by atoms with Crippen LogP contribution >= 0.6 is 11.5 Å². The van der Waals surface area contributed by atoms with Crippen molar-refractivity contribution in [2.24, 2.45) is 0 Å². The lowest BCUT2D eigenvalue weighted by Crippen LogP contribution is -2.46. The van der Waals surface area contributed by atoms with Crippen molar-refractivity contribution in [3.05, 3.63) is 24.0 Å². The molecule has 0 radical (unpaired) electrons. The van der Waals surface area contributed by atoms with E-state index in [0.717, 1.165) is 73.2 Å². The van der Waals surface area contributed by atoms with Crippen LogP contribution < -0.4 is 10.6 Å². The molecule has 2 fully saturated rings. The summed E-state index contributed by atoms with van der Waals surface area (Å²) in [6, 6.07) is 5.08. The molecule has 4 heterocycles. The van der Waals surface area contributed by atoms with E-state index in [1.807, 2.05) is 25.3 Å². The number of aliphatic hydroxyl groups is 1. The Morgan fingerprint density at radius 1 is 1.18 bits per heavy atom. The van der Waals surface area contributed by atoms with Crippen LogP contribution in [0.1, 0.15) is 37.8 Å². The average Bonchev–Trinajstić information content (AvgIpc) is 3.44. The molecular weight excluding hydrogens is 438 g/mol. The lowest BCUT2D eigenvalue weighted by Gasteiger charge is -2.39. The van der Waals surface area contributed by atoms with E-state index in [4.69, 9.17) is 14.7 Å². The van der Waals surface area contributed by atoms with Gasteiger partial charge in [0, 0.05) is 44.5 Å². The van der Waals surface area contributed by atoms with Gasteiger partial charge in [-0.15, -0.1) is 0 Å². The Kier molecular flexibility index (Phi) is 7.05. The molecule has 5 rings (SSSR count). The molecule has 1 saturated carbocycles. The maximum Gasteiger partial charge on any atom is 0.230 e. The summed E-state index contributed by atoms with van der Waals surface area (Å²) in [7, 11) is 0. The van der Waals surface area contributed by atoms with Crippen LogP contribution in [0, 0.1) is 6.92 Å². The van der Waals surface area contributed by atoms with Gasteiger partial charge in [0.2, 0.25) is 5.95 Å². The van der Waals surface area contributed by atoms with Gasteiger partial charge in [0.25, 0.3) is 0 Å². The number of anilines is 3. The molecule has 3 aromatic rings. The molecule has 0 unspecified atom stereocenters. The maximum atomic E-state index is 9.32. The number of aliphatic hydroxyl groups excluding tert-OH is 1. The smallest absolute Gasteiger partial charge is 0.230 e. The van der Waals surface area contributed by atoms with Gasteiger partial charge in [0.1, 0.15) is 10.5 Å². The molecule has 178 valence electrons. The quantitative estimate of drug-likeness (QED) is 0.460. The van der Waals surface area contributed by atoms with E-state index in [9.17, 15) is 5.11 Å². The number of nitrogens with zero attached hydrogens (tertiary/aromatic N) is 5. The number of aryl methyl sites for hydroxylation is 2. The molecule has 33 heavy (non-hydrogen) atoms. The Morgan fingerprint density at radius 2 is 2.00 bits per heavy atom. The second-order valence-electron chi connectivity index (χ2n) is 8.97. The predicted molar refractivity (Wildman–Crippen MR) is 131 cm³/mol. The lowest BCUT2D eigenvalue weighted by molar-refractivity contribution is 0.00791. The molecule has 1 saturated heterocycles. The summed E-state index contributed by atoms with van der Waals surface area (Å²) < 4.78 is 12.0. The number of ether oxygens (including phenoxy) is 1. The second kappa shape index (κ2) is 10.3. The molecule has 10 heteroatoms. The molecule has 0 aromatic carbocycles. The molecule has 3 N–H and O–H groups in total. The SMILES string of the molecule is Cc1cc(Nc2nc(N[C@H]3CC[C@H](N4CCOCC4)CC3)c3c(ccn3CCCO)n2)sn1. The Bertz CT molecular complexity index is 1050. The van der Waals surface area contributed by atoms with Gasteiger partial charge in [-0.1, -0.05) is 0 Å². The first-order chi connectivity index (χ1) is 16.2. The fourth-order valence-electron chi connectivity index (χ4n) is 4.94. The van der Waals surface area contributed by atoms with Gasteiger partial charge in [0.15, 0.2) is 5.82 Å². The minimum atomic E-state index is 0.166. The summed E-state index contributed by atoms with van der Waals surface area (Å²) in [5.41, 5.74) is 2.88. The lowest BCUT2D eigenvalue weighted by atomic mass is 9.90. The van der Waals surface area contributed by atoms with E-state index in [0.29, 0.717) is 24.5 Å². The van der Waals surface area contributed by atoms with Gasteiger partial charge in [-0.3, -0.25) is 4.90 Å². The molecule has 1 aliphatic heterocycles. The molecule has 0 atom stereocenters. The zero-order valence-electron chi connectivity index (χ0n) is 19.2. The average molecular weight is 472 g/mol. The van der Waals surface area contributed by atoms with Crippen LogP contribution in [-0.4, -0.2) is 73.9 Å². The molecular formula is C23H33N7O2S. The van der Waals surface area contributed by atoms with Crippen molar-refractivity contribution in [3.8, 4) is 0 Å². The minimum Gasteiger partial charge on any atom is -0.396 e. The summed E-state index contributed by atoms with van der Waals surface area (Å²) >= 11 is 1.41. The number of hydrogen-bond donors (Lipinski definition) is 3. The standard InChI is InChI=1S/C23H33N7O2S/c1-16-15-20(33-28-16)26-23-25-19-7-9-30(8-2-12-31)21(19)22(27-23)24-17-3-5-18(6-4-17)29-10-13-32-14-11-29/h7,9,15,17-18,31H,2-6,8,10-14H2,1H3,(H2,24,25,26,27)/t17-,18-. The molecule has 0 amide bonds. The highest BCUT2D eigenvalue weighted by Crippen LogP contribution is 2.30. The molecule has 1 aliphatic carbocycles. The van der Waals surface area contributed by atoms with Crippen molar-refractivity contribution in [2.45, 2.75) is 57.7 Å². The summed E-state index contributed by atoms with van der Waals surface area (Å²) in [5, 5.41) is 17.3. The predicted octanol–water partition coefficient (Wildman–Crippen LogP) is 3.38. The fourth-order valence-corrected chi connectivity index (χ4v) is 5.60. The molecule has 0 bridgehead atoms. The van der Waals surface area contributed by atoms with E-state index in [1.54, 1.807) is 0 Å². The molecule has 3 aromatic heterocycles. The van der Waals surface area contributed by atoms with Crippen LogP contribution in [0.25, 0.3) is 11.0 Å². The molecule has 0 spiro atoms. The Hall–Kier alpha value is -2.27. The summed E-state index contributed by atoms with van der Waals surface area (Å²) in [6.45, 7) is 6.71. The number of hydrogen-bond acceptors (Lipinski definition) is 9. The third-order valence-electron chi connectivity index (χ3n) is 6.63. The summed E-state index contributed by atoms with van der Waals surface area (Å²) in [6.07, 6.45) is 7.39. The summed E-state index contributed by atoms with van der Waals surface area (Å²) in [5.74, 6) is 1.44. The van der Waals surface area contributed by atoms with Gasteiger partial charge in [-0.25, -0.2) is 4.98 Å². The third kappa shape index (κ3) is 5.29. The topological polar surface area (TPSA) is 100 Å². The largest absolute Gasteiger partial charge is 0.396 e. The highest BCUT2D eigenvalue weighted by molar-refractivity contribution is 7.10. The van der Waals surface area contributed by atoms with Gasteiger partial charge in [-0.2, -0.15) is 9.36 Å². The number of fused-ring (bicyclic) bond motifs is 1. The third-order valence-corrected chi connectivity index (χ3v) is 7.43. The normalized spacial score (nSPS) is 22.0. The van der Waals surface area contributed by atoms with E-state index in [-0.39, 0.29) is 6.61 Å². The van der Waals surface area contributed by atoms with Gasteiger partial charge >= 0.3 is 0 Å². The van der Waals surface area contributed by atoms with E-state index in [2.05, 4.69) is 24.5 Å². The first kappa shape index (κ1) is 22.5. The first-order valence-electron chi connectivity index (χ1n) is 12.0. The number of rotatable bonds is 8. The van der Waals surface area contributed by atoms with Crippen molar-refractivity contribution in [3.63, 3.8) is 0 Å². The van der Waals surface area contributed by atoms with Gasteiger partial charge in [-0.05, 0) is 62.7 Å². The molecule has 9 nitrogen and oxygen atoms in total. The van der Waals surface area contributed by atoms with Crippen molar-refractivity contribution < 1.29 is 9.84 Å². The number of nitrogens with one attached hydrogen (secondary N) is 2. The van der Waals surface area contributed by atoms with E-state index >= 15 is 0 Å². The highest BCUT2D eigenvalue weighted by Gasteiger charge is 2.27. The Balaban J connectivity index is 1.35.